The summed E-state index contributed by atoms with van der Waals surface area (Å²) in [5.74, 6) is -1.66. The van der Waals surface area contributed by atoms with E-state index in [0.717, 1.165) is 6.42 Å². The van der Waals surface area contributed by atoms with Crippen LogP contribution in [-0.2, 0) is 14.4 Å². The van der Waals surface area contributed by atoms with Crippen LogP contribution in [-0.4, -0.2) is 36.3 Å². The Hall–Kier alpha value is -3.95. The molecule has 156 valence electrons. The highest BCUT2D eigenvalue weighted by Crippen LogP contribution is 2.34. The van der Waals surface area contributed by atoms with Gasteiger partial charge >= 0.3 is 11.8 Å². The first-order chi connectivity index (χ1) is 14.3. The minimum absolute atomic E-state index is 0.0544. The van der Waals surface area contributed by atoms with Crippen LogP contribution in [0.15, 0.2) is 36.4 Å². The molecule has 1 aliphatic rings. The molecule has 30 heavy (non-hydrogen) atoms. The number of aryl methyl sites for hydroxylation is 1. The average Bonchev–Trinajstić information content (AvgIpc) is 3.14. The Morgan fingerprint density at radius 1 is 1.13 bits per heavy atom. The number of amides is 3. The van der Waals surface area contributed by atoms with Gasteiger partial charge in [-0.05, 0) is 43.2 Å². The minimum Gasteiger partial charge on any atom is -0.495 e. The molecule has 3 rings (SSSR count). The van der Waals surface area contributed by atoms with Gasteiger partial charge in [0.05, 0.1) is 17.7 Å². The molecule has 2 aromatic rings. The van der Waals surface area contributed by atoms with Crippen molar-refractivity contribution in [2.24, 2.45) is 0 Å². The summed E-state index contributed by atoms with van der Waals surface area (Å²) < 4.78 is 5.29. The number of nitro benzene ring substituents is 1. The van der Waals surface area contributed by atoms with Crippen molar-refractivity contribution in [3.8, 4) is 5.75 Å². The van der Waals surface area contributed by atoms with Crippen molar-refractivity contribution in [3.05, 3.63) is 52.1 Å². The van der Waals surface area contributed by atoms with E-state index < -0.39 is 16.7 Å². The fraction of sp³-hybridized carbons (Fsp3) is 0.250. The summed E-state index contributed by atoms with van der Waals surface area (Å²) in [6, 6.07) is 8.91. The number of carbonyl (C=O) groups excluding carboxylic acids is 3. The third kappa shape index (κ3) is 4.37. The fourth-order valence-electron chi connectivity index (χ4n) is 3.15. The largest absolute Gasteiger partial charge is 0.495 e. The van der Waals surface area contributed by atoms with E-state index >= 15 is 0 Å². The maximum atomic E-state index is 12.3. The van der Waals surface area contributed by atoms with Crippen molar-refractivity contribution in [3.63, 3.8) is 0 Å². The first-order valence-corrected chi connectivity index (χ1v) is 9.16. The lowest BCUT2D eigenvalue weighted by Gasteiger charge is -2.20. The molecule has 0 saturated carbocycles. The van der Waals surface area contributed by atoms with E-state index in [2.05, 4.69) is 10.6 Å². The number of carbonyl (C=O) groups is 3. The molecule has 1 heterocycles. The second kappa shape index (κ2) is 8.60. The van der Waals surface area contributed by atoms with Crippen LogP contribution in [0.25, 0.3) is 0 Å². The predicted molar refractivity (Wildman–Crippen MR) is 110 cm³/mol. The van der Waals surface area contributed by atoms with Crippen LogP contribution in [0.5, 0.6) is 5.75 Å². The van der Waals surface area contributed by atoms with Gasteiger partial charge in [0.15, 0.2) is 0 Å². The van der Waals surface area contributed by atoms with Gasteiger partial charge in [0.1, 0.15) is 11.4 Å². The van der Waals surface area contributed by atoms with Gasteiger partial charge in [0.2, 0.25) is 5.91 Å². The molecular weight excluding hydrogens is 392 g/mol. The molecule has 0 spiro atoms. The topological polar surface area (TPSA) is 131 Å². The van der Waals surface area contributed by atoms with Crippen LogP contribution in [0.3, 0.4) is 0 Å². The molecule has 0 aliphatic carbocycles. The molecule has 0 unspecified atom stereocenters. The number of benzene rings is 2. The second-order valence-corrected chi connectivity index (χ2v) is 6.72. The van der Waals surface area contributed by atoms with Gasteiger partial charge in [0, 0.05) is 24.7 Å². The van der Waals surface area contributed by atoms with Gasteiger partial charge in [-0.2, -0.15) is 0 Å². The third-order valence-corrected chi connectivity index (χ3v) is 4.61. The van der Waals surface area contributed by atoms with Gasteiger partial charge in [-0.15, -0.1) is 0 Å². The highest BCUT2D eigenvalue weighted by atomic mass is 16.6. The first-order valence-electron chi connectivity index (χ1n) is 9.16. The smallest absolute Gasteiger partial charge is 0.314 e. The Bertz CT molecular complexity index is 1040. The molecular formula is C20H20N4O6. The zero-order valence-electron chi connectivity index (χ0n) is 16.4. The van der Waals surface area contributed by atoms with Crippen molar-refractivity contribution in [1.29, 1.82) is 0 Å². The standard InChI is InChI=1S/C20H20N4O6/c1-12-5-7-14(15(10-12)24(28)29)22-20(27)19(26)21-13-6-8-17(30-2)16(11-13)23-9-3-4-18(23)25/h5-8,10-11H,3-4,9H2,1-2H3,(H,21,26)(H,22,27). The van der Waals surface area contributed by atoms with Crippen LogP contribution in [0.2, 0.25) is 0 Å². The zero-order valence-corrected chi connectivity index (χ0v) is 16.4. The number of ether oxygens (including phenoxy) is 1. The Kier molecular flexibility index (Phi) is 5.95. The summed E-state index contributed by atoms with van der Waals surface area (Å²) in [5.41, 5.74) is 1.03. The number of anilines is 3. The van der Waals surface area contributed by atoms with Gasteiger partial charge in [0.25, 0.3) is 5.69 Å². The van der Waals surface area contributed by atoms with Crippen molar-refractivity contribution in [1.82, 2.24) is 0 Å². The Labute approximate surface area is 172 Å². The van der Waals surface area contributed by atoms with Crippen LogP contribution < -0.4 is 20.3 Å². The molecule has 2 aromatic carbocycles. The summed E-state index contributed by atoms with van der Waals surface area (Å²) in [5, 5.41) is 15.9. The summed E-state index contributed by atoms with van der Waals surface area (Å²) in [7, 11) is 1.47. The molecule has 1 aliphatic heterocycles. The Morgan fingerprint density at radius 2 is 1.87 bits per heavy atom. The predicted octanol–water partition coefficient (Wildman–Crippen LogP) is 2.62. The lowest BCUT2D eigenvalue weighted by molar-refractivity contribution is -0.384. The van der Waals surface area contributed by atoms with E-state index in [4.69, 9.17) is 4.74 Å². The van der Waals surface area contributed by atoms with E-state index in [-0.39, 0.29) is 23.0 Å². The molecule has 10 nitrogen and oxygen atoms in total. The summed E-state index contributed by atoms with van der Waals surface area (Å²) in [6.45, 7) is 2.21. The van der Waals surface area contributed by atoms with Gasteiger partial charge in [-0.25, -0.2) is 0 Å². The molecule has 1 fully saturated rings. The molecule has 10 heteroatoms. The maximum Gasteiger partial charge on any atom is 0.314 e. The summed E-state index contributed by atoms with van der Waals surface area (Å²) in [6.07, 6.45) is 1.15. The summed E-state index contributed by atoms with van der Waals surface area (Å²) >= 11 is 0. The molecule has 0 aromatic heterocycles. The van der Waals surface area contributed by atoms with Crippen LogP contribution in [0, 0.1) is 17.0 Å². The zero-order chi connectivity index (χ0) is 21.8. The molecule has 0 bridgehead atoms. The van der Waals surface area contributed by atoms with Crippen LogP contribution in [0.1, 0.15) is 18.4 Å². The number of methoxy groups -OCH3 is 1. The van der Waals surface area contributed by atoms with Crippen LogP contribution >= 0.6 is 0 Å². The lowest BCUT2D eigenvalue weighted by atomic mass is 10.2. The Morgan fingerprint density at radius 3 is 2.50 bits per heavy atom. The first kappa shape index (κ1) is 20.8. The van der Waals surface area contributed by atoms with E-state index in [1.807, 2.05) is 0 Å². The normalized spacial score (nSPS) is 13.1. The minimum atomic E-state index is -1.06. The number of nitro groups is 1. The van der Waals surface area contributed by atoms with E-state index in [1.165, 1.54) is 25.3 Å². The number of hydrogen-bond donors (Lipinski definition) is 2. The van der Waals surface area contributed by atoms with E-state index in [9.17, 15) is 24.5 Å². The quantitative estimate of drug-likeness (QED) is 0.441. The van der Waals surface area contributed by atoms with Crippen molar-refractivity contribution in [2.45, 2.75) is 19.8 Å². The second-order valence-electron chi connectivity index (χ2n) is 6.72. The molecule has 0 atom stereocenters. The van der Waals surface area contributed by atoms with Crippen LogP contribution in [0.4, 0.5) is 22.7 Å². The van der Waals surface area contributed by atoms with Crippen molar-refractivity contribution in [2.75, 3.05) is 29.2 Å². The van der Waals surface area contributed by atoms with E-state index in [1.54, 1.807) is 30.0 Å². The number of nitrogens with zero attached hydrogens (tertiary/aromatic N) is 2. The molecule has 1 saturated heterocycles. The molecule has 3 amide bonds. The van der Waals surface area contributed by atoms with Gasteiger partial charge in [-0.3, -0.25) is 24.5 Å². The molecule has 0 radical (unpaired) electrons. The van der Waals surface area contributed by atoms with Gasteiger partial charge in [-0.1, -0.05) is 6.07 Å². The Balaban J connectivity index is 1.77. The maximum absolute atomic E-state index is 12.3. The highest BCUT2D eigenvalue weighted by Gasteiger charge is 2.25. The SMILES string of the molecule is COc1ccc(NC(=O)C(=O)Nc2ccc(C)cc2[N+](=O)[O-])cc1N1CCCC1=O. The lowest BCUT2D eigenvalue weighted by Crippen LogP contribution is -2.29. The van der Waals surface area contributed by atoms with Gasteiger partial charge < -0.3 is 20.3 Å². The fourth-order valence-corrected chi connectivity index (χ4v) is 3.15. The average molecular weight is 412 g/mol. The molecule has 2 N–H and O–H groups in total. The third-order valence-electron chi connectivity index (χ3n) is 4.61. The van der Waals surface area contributed by atoms with Crippen molar-refractivity contribution >= 4 is 40.5 Å². The number of hydrogen-bond acceptors (Lipinski definition) is 6. The number of nitrogens with one attached hydrogen (secondary N) is 2. The summed E-state index contributed by atoms with van der Waals surface area (Å²) in [4.78, 5) is 48.7. The number of rotatable bonds is 5. The van der Waals surface area contributed by atoms with E-state index in [0.29, 0.717) is 30.0 Å². The highest BCUT2D eigenvalue weighted by molar-refractivity contribution is 6.43. The monoisotopic (exact) mass is 412 g/mol. The van der Waals surface area contributed by atoms with Crippen molar-refractivity contribution < 1.29 is 24.0 Å².